The highest BCUT2D eigenvalue weighted by Crippen LogP contribution is 2.37. The van der Waals surface area contributed by atoms with Gasteiger partial charge in [-0.05, 0) is 38.6 Å². The molecule has 20 heavy (non-hydrogen) atoms. The number of likely N-dealkylation sites (tertiary alicyclic amines) is 1. The first-order valence-corrected chi connectivity index (χ1v) is 8.18. The zero-order valence-electron chi connectivity index (χ0n) is 12.7. The van der Waals surface area contributed by atoms with Crippen molar-refractivity contribution in [1.82, 2.24) is 4.90 Å². The summed E-state index contributed by atoms with van der Waals surface area (Å²) >= 11 is 0. The summed E-state index contributed by atoms with van der Waals surface area (Å²) < 4.78 is 0. The molecule has 4 nitrogen and oxygen atoms in total. The molecule has 0 aromatic carbocycles. The summed E-state index contributed by atoms with van der Waals surface area (Å²) in [7, 11) is 0. The normalized spacial score (nSPS) is 31.1. The predicted molar refractivity (Wildman–Crippen MR) is 78.7 cm³/mol. The molecule has 1 aliphatic carbocycles. The Labute approximate surface area is 122 Å². The standard InChI is InChI=1S/C16H29NO3/c1-2-7-15(14(18)19)8-6-11-17(12-15)13-16(20)9-4-3-5-10-16/h20H,2-13H2,1H3,(H,18,19). The van der Waals surface area contributed by atoms with Crippen LogP contribution in [0.2, 0.25) is 0 Å². The number of carbonyl (C=O) groups is 1. The van der Waals surface area contributed by atoms with E-state index in [0.29, 0.717) is 13.1 Å². The molecule has 0 bridgehead atoms. The van der Waals surface area contributed by atoms with Crippen LogP contribution < -0.4 is 0 Å². The van der Waals surface area contributed by atoms with Gasteiger partial charge in [0.1, 0.15) is 0 Å². The Kier molecular flexibility index (Phi) is 5.08. The van der Waals surface area contributed by atoms with Crippen molar-refractivity contribution in [3.63, 3.8) is 0 Å². The first kappa shape index (κ1) is 15.8. The van der Waals surface area contributed by atoms with Crippen molar-refractivity contribution in [2.45, 2.75) is 70.3 Å². The Hall–Kier alpha value is -0.610. The summed E-state index contributed by atoms with van der Waals surface area (Å²) in [4.78, 5) is 13.9. The fourth-order valence-corrected chi connectivity index (χ4v) is 4.11. The minimum atomic E-state index is -0.653. The van der Waals surface area contributed by atoms with Gasteiger partial charge in [0.25, 0.3) is 0 Å². The molecular weight excluding hydrogens is 254 g/mol. The van der Waals surface area contributed by atoms with E-state index in [-0.39, 0.29) is 0 Å². The lowest BCUT2D eigenvalue weighted by Crippen LogP contribution is -2.53. The van der Waals surface area contributed by atoms with Gasteiger partial charge in [-0.1, -0.05) is 32.6 Å². The monoisotopic (exact) mass is 283 g/mol. The van der Waals surface area contributed by atoms with Gasteiger partial charge in [-0.15, -0.1) is 0 Å². The van der Waals surface area contributed by atoms with Crippen molar-refractivity contribution in [2.24, 2.45) is 5.41 Å². The summed E-state index contributed by atoms with van der Waals surface area (Å²) in [6.45, 7) is 4.25. The van der Waals surface area contributed by atoms with Crippen molar-refractivity contribution < 1.29 is 15.0 Å². The number of carboxylic acids is 1. The highest BCUT2D eigenvalue weighted by Gasteiger charge is 2.43. The Morgan fingerprint density at radius 2 is 1.85 bits per heavy atom. The van der Waals surface area contributed by atoms with E-state index in [1.807, 2.05) is 0 Å². The zero-order valence-corrected chi connectivity index (χ0v) is 12.7. The fourth-order valence-electron chi connectivity index (χ4n) is 4.11. The van der Waals surface area contributed by atoms with Crippen LogP contribution in [0.1, 0.15) is 64.7 Å². The van der Waals surface area contributed by atoms with Crippen LogP contribution >= 0.6 is 0 Å². The second-order valence-corrected chi connectivity index (χ2v) is 6.93. The number of hydrogen-bond donors (Lipinski definition) is 2. The van der Waals surface area contributed by atoms with Crippen LogP contribution in [-0.4, -0.2) is 46.3 Å². The van der Waals surface area contributed by atoms with Gasteiger partial charge in [-0.25, -0.2) is 0 Å². The third kappa shape index (κ3) is 3.53. The number of β-amino-alcohol motifs (C(OH)–C–C–N with tert-alkyl or cyclic N) is 1. The Morgan fingerprint density at radius 3 is 2.45 bits per heavy atom. The van der Waals surface area contributed by atoms with Crippen LogP contribution in [-0.2, 0) is 4.79 Å². The first-order valence-electron chi connectivity index (χ1n) is 8.18. The number of piperidine rings is 1. The molecule has 2 N–H and O–H groups in total. The van der Waals surface area contributed by atoms with Crippen LogP contribution in [0.4, 0.5) is 0 Å². The molecule has 2 rings (SSSR count). The minimum absolute atomic E-state index is 0.577. The highest BCUT2D eigenvalue weighted by molar-refractivity contribution is 5.75. The summed E-state index contributed by atoms with van der Waals surface area (Å²) in [6.07, 6.45) is 8.54. The first-order chi connectivity index (χ1) is 9.50. The van der Waals surface area contributed by atoms with Crippen molar-refractivity contribution in [1.29, 1.82) is 0 Å². The second kappa shape index (κ2) is 6.44. The van der Waals surface area contributed by atoms with Crippen LogP contribution in [0, 0.1) is 5.41 Å². The lowest BCUT2D eigenvalue weighted by molar-refractivity contribution is -0.154. The SMILES string of the molecule is CCCC1(C(=O)O)CCCN(CC2(O)CCCCC2)C1. The summed E-state index contributed by atoms with van der Waals surface area (Å²) in [5, 5.41) is 20.3. The third-order valence-electron chi connectivity index (χ3n) is 5.14. The Morgan fingerprint density at radius 1 is 1.15 bits per heavy atom. The molecule has 2 fully saturated rings. The molecule has 1 saturated heterocycles. The van der Waals surface area contributed by atoms with E-state index in [1.165, 1.54) is 6.42 Å². The van der Waals surface area contributed by atoms with Crippen LogP contribution in [0.3, 0.4) is 0 Å². The number of rotatable bonds is 5. The van der Waals surface area contributed by atoms with Crippen LogP contribution in [0.5, 0.6) is 0 Å². The Bertz CT molecular complexity index is 335. The maximum atomic E-state index is 11.7. The number of nitrogens with zero attached hydrogens (tertiary/aromatic N) is 1. The van der Waals surface area contributed by atoms with E-state index in [9.17, 15) is 15.0 Å². The summed E-state index contributed by atoms with van der Waals surface area (Å²) in [5.41, 5.74) is -1.16. The molecule has 0 aromatic rings. The molecule has 1 heterocycles. The highest BCUT2D eigenvalue weighted by atomic mass is 16.4. The molecule has 1 saturated carbocycles. The fraction of sp³-hybridized carbons (Fsp3) is 0.938. The van der Waals surface area contributed by atoms with E-state index in [0.717, 1.165) is 57.9 Å². The van der Waals surface area contributed by atoms with Crippen LogP contribution in [0.25, 0.3) is 0 Å². The molecule has 2 aliphatic rings. The lowest BCUT2D eigenvalue weighted by Gasteiger charge is -2.44. The molecular formula is C16H29NO3. The predicted octanol–water partition coefficient (Wildman–Crippen LogP) is 2.65. The molecule has 1 atom stereocenters. The third-order valence-corrected chi connectivity index (χ3v) is 5.14. The van der Waals surface area contributed by atoms with Gasteiger partial charge in [0.05, 0.1) is 11.0 Å². The van der Waals surface area contributed by atoms with E-state index >= 15 is 0 Å². The number of aliphatic hydroxyl groups is 1. The topological polar surface area (TPSA) is 60.8 Å². The molecule has 116 valence electrons. The van der Waals surface area contributed by atoms with Crippen LogP contribution in [0.15, 0.2) is 0 Å². The Balaban J connectivity index is 2.00. The molecule has 1 unspecified atom stereocenters. The molecule has 0 amide bonds. The van der Waals surface area contributed by atoms with Crippen molar-refractivity contribution >= 4 is 5.97 Å². The average Bonchev–Trinajstić information content (AvgIpc) is 2.39. The lowest BCUT2D eigenvalue weighted by atomic mass is 9.75. The number of hydrogen-bond acceptors (Lipinski definition) is 3. The van der Waals surface area contributed by atoms with Gasteiger partial charge >= 0.3 is 5.97 Å². The summed E-state index contributed by atoms with van der Waals surface area (Å²) in [5.74, 6) is -0.653. The zero-order chi connectivity index (χ0) is 14.6. The van der Waals surface area contributed by atoms with Crippen molar-refractivity contribution in [3.8, 4) is 0 Å². The number of carboxylic acid groups (broad SMARTS) is 1. The van der Waals surface area contributed by atoms with Gasteiger partial charge in [0.2, 0.25) is 0 Å². The average molecular weight is 283 g/mol. The molecule has 0 radical (unpaired) electrons. The summed E-state index contributed by atoms with van der Waals surface area (Å²) in [6, 6.07) is 0. The van der Waals surface area contributed by atoms with E-state index < -0.39 is 17.0 Å². The van der Waals surface area contributed by atoms with Gasteiger partial charge < -0.3 is 10.2 Å². The molecule has 4 heteroatoms. The minimum Gasteiger partial charge on any atom is -0.481 e. The van der Waals surface area contributed by atoms with Crippen molar-refractivity contribution in [2.75, 3.05) is 19.6 Å². The maximum absolute atomic E-state index is 11.7. The van der Waals surface area contributed by atoms with E-state index in [4.69, 9.17) is 0 Å². The smallest absolute Gasteiger partial charge is 0.310 e. The number of aliphatic carboxylic acids is 1. The van der Waals surface area contributed by atoms with Gasteiger partial charge in [-0.3, -0.25) is 9.69 Å². The van der Waals surface area contributed by atoms with Crippen molar-refractivity contribution in [3.05, 3.63) is 0 Å². The van der Waals surface area contributed by atoms with Gasteiger partial charge in [0, 0.05) is 13.1 Å². The van der Waals surface area contributed by atoms with Gasteiger partial charge in [0.15, 0.2) is 0 Å². The van der Waals surface area contributed by atoms with Gasteiger partial charge in [-0.2, -0.15) is 0 Å². The maximum Gasteiger partial charge on any atom is 0.310 e. The molecule has 0 aromatic heterocycles. The van der Waals surface area contributed by atoms with E-state index in [2.05, 4.69) is 11.8 Å². The second-order valence-electron chi connectivity index (χ2n) is 6.93. The van der Waals surface area contributed by atoms with E-state index in [1.54, 1.807) is 0 Å². The molecule has 0 spiro atoms. The quantitative estimate of drug-likeness (QED) is 0.814. The largest absolute Gasteiger partial charge is 0.481 e. The molecule has 1 aliphatic heterocycles.